The fraction of sp³-hybridized carbons (Fsp3) is 0.429. The molecule has 0 aliphatic rings. The summed E-state index contributed by atoms with van der Waals surface area (Å²) in [4.78, 5) is 10.1. The van der Waals surface area contributed by atoms with Gasteiger partial charge in [-0.05, 0) is 38.6 Å². The van der Waals surface area contributed by atoms with Crippen molar-refractivity contribution in [2.45, 2.75) is 33.3 Å². The van der Waals surface area contributed by atoms with Crippen LogP contribution >= 0.6 is 11.3 Å². The fourth-order valence-electron chi connectivity index (χ4n) is 1.67. The van der Waals surface area contributed by atoms with Gasteiger partial charge in [0.2, 0.25) is 11.8 Å². The predicted molar refractivity (Wildman–Crippen MR) is 79.0 cm³/mol. The maximum absolute atomic E-state index is 5.60. The number of aryl methyl sites for hydroxylation is 1. The molecule has 1 N–H and O–H groups in total. The average molecular weight is 277 g/mol. The highest BCUT2D eigenvalue weighted by Gasteiger charge is 2.04. The van der Waals surface area contributed by atoms with Gasteiger partial charge in [0.05, 0.1) is 6.10 Å². The summed E-state index contributed by atoms with van der Waals surface area (Å²) < 4.78 is 5.60. The van der Waals surface area contributed by atoms with Crippen LogP contribution in [0.5, 0.6) is 5.88 Å². The van der Waals surface area contributed by atoms with E-state index in [1.165, 1.54) is 4.88 Å². The summed E-state index contributed by atoms with van der Waals surface area (Å²) in [5.41, 5.74) is 0.907. The number of hydrogen-bond acceptors (Lipinski definition) is 5. The monoisotopic (exact) mass is 277 g/mol. The normalized spacial score (nSPS) is 10.7. The Morgan fingerprint density at radius 3 is 2.89 bits per heavy atom. The Balaban J connectivity index is 1.93. The standard InChI is InChI=1S/C14H19N3OS/c1-10(2)18-13-9-11(3)16-14(17-13)15-7-6-12-5-4-8-19-12/h4-5,8-10H,6-7H2,1-3H3,(H,15,16,17). The number of nitrogens with zero attached hydrogens (tertiary/aromatic N) is 2. The van der Waals surface area contributed by atoms with Gasteiger partial charge in [-0.2, -0.15) is 4.98 Å². The van der Waals surface area contributed by atoms with Crippen molar-refractivity contribution in [2.75, 3.05) is 11.9 Å². The molecule has 0 bridgehead atoms. The van der Waals surface area contributed by atoms with Crippen molar-refractivity contribution >= 4 is 17.3 Å². The molecule has 5 heteroatoms. The van der Waals surface area contributed by atoms with E-state index < -0.39 is 0 Å². The molecule has 0 unspecified atom stereocenters. The SMILES string of the molecule is Cc1cc(OC(C)C)nc(NCCc2cccs2)n1. The highest BCUT2D eigenvalue weighted by atomic mass is 32.1. The zero-order valence-electron chi connectivity index (χ0n) is 11.5. The molecule has 0 fully saturated rings. The second kappa shape index (κ2) is 6.52. The fourth-order valence-corrected chi connectivity index (χ4v) is 2.38. The lowest BCUT2D eigenvalue weighted by Gasteiger charge is -2.11. The molecule has 102 valence electrons. The minimum Gasteiger partial charge on any atom is -0.475 e. The van der Waals surface area contributed by atoms with Crippen LogP contribution in [0.15, 0.2) is 23.6 Å². The molecule has 0 saturated heterocycles. The van der Waals surface area contributed by atoms with Gasteiger partial charge in [0.25, 0.3) is 0 Å². The van der Waals surface area contributed by atoms with Crippen LogP contribution in [0.25, 0.3) is 0 Å². The summed E-state index contributed by atoms with van der Waals surface area (Å²) in [5, 5.41) is 5.33. The molecule has 0 amide bonds. The lowest BCUT2D eigenvalue weighted by atomic mass is 10.3. The number of rotatable bonds is 6. The summed E-state index contributed by atoms with van der Waals surface area (Å²) in [6, 6.07) is 6.05. The molecule has 0 radical (unpaired) electrons. The van der Waals surface area contributed by atoms with E-state index in [4.69, 9.17) is 4.74 Å². The number of nitrogens with one attached hydrogen (secondary N) is 1. The highest BCUT2D eigenvalue weighted by Crippen LogP contribution is 2.14. The molecule has 0 saturated carbocycles. The van der Waals surface area contributed by atoms with Gasteiger partial charge >= 0.3 is 0 Å². The Morgan fingerprint density at radius 2 is 2.21 bits per heavy atom. The van der Waals surface area contributed by atoms with E-state index in [9.17, 15) is 0 Å². The van der Waals surface area contributed by atoms with Crippen molar-refractivity contribution in [3.63, 3.8) is 0 Å². The number of thiophene rings is 1. The number of aromatic nitrogens is 2. The van der Waals surface area contributed by atoms with Crippen molar-refractivity contribution in [2.24, 2.45) is 0 Å². The number of ether oxygens (including phenoxy) is 1. The van der Waals surface area contributed by atoms with E-state index in [1.54, 1.807) is 11.3 Å². The van der Waals surface area contributed by atoms with Crippen molar-refractivity contribution in [3.05, 3.63) is 34.2 Å². The third-order valence-electron chi connectivity index (χ3n) is 2.42. The molecular weight excluding hydrogens is 258 g/mol. The summed E-state index contributed by atoms with van der Waals surface area (Å²) in [6.07, 6.45) is 1.10. The number of anilines is 1. The van der Waals surface area contributed by atoms with Gasteiger partial charge in [-0.25, -0.2) is 4.98 Å². The van der Waals surface area contributed by atoms with Crippen LogP contribution < -0.4 is 10.1 Å². The molecule has 0 aromatic carbocycles. The lowest BCUT2D eigenvalue weighted by Crippen LogP contribution is -2.11. The third-order valence-corrected chi connectivity index (χ3v) is 3.36. The van der Waals surface area contributed by atoms with Gasteiger partial charge in [-0.15, -0.1) is 11.3 Å². The first-order valence-corrected chi connectivity index (χ1v) is 7.30. The molecule has 0 atom stereocenters. The van der Waals surface area contributed by atoms with Gasteiger partial charge < -0.3 is 10.1 Å². The first-order valence-electron chi connectivity index (χ1n) is 6.42. The van der Waals surface area contributed by atoms with Crippen molar-refractivity contribution in [3.8, 4) is 5.88 Å². The van der Waals surface area contributed by atoms with E-state index in [-0.39, 0.29) is 6.10 Å². The van der Waals surface area contributed by atoms with Crippen molar-refractivity contribution < 1.29 is 4.74 Å². The molecule has 0 spiro atoms. The van der Waals surface area contributed by atoms with Crippen molar-refractivity contribution in [1.82, 2.24) is 9.97 Å². The summed E-state index contributed by atoms with van der Waals surface area (Å²) in [7, 11) is 0. The van der Waals surface area contributed by atoms with Crippen LogP contribution in [0.1, 0.15) is 24.4 Å². The van der Waals surface area contributed by atoms with Crippen LogP contribution in [0, 0.1) is 6.92 Å². The second-order valence-electron chi connectivity index (χ2n) is 4.59. The van der Waals surface area contributed by atoms with Gasteiger partial charge in [0, 0.05) is 23.2 Å². The minimum absolute atomic E-state index is 0.119. The van der Waals surface area contributed by atoms with Crippen LogP contribution in [-0.2, 0) is 6.42 Å². The Labute approximate surface area is 117 Å². The smallest absolute Gasteiger partial charge is 0.226 e. The Hall–Kier alpha value is -1.62. The van der Waals surface area contributed by atoms with E-state index in [0.29, 0.717) is 11.8 Å². The maximum atomic E-state index is 5.60. The maximum Gasteiger partial charge on any atom is 0.226 e. The molecular formula is C14H19N3OS. The highest BCUT2D eigenvalue weighted by molar-refractivity contribution is 7.09. The van der Waals surface area contributed by atoms with Gasteiger partial charge in [0.15, 0.2) is 0 Å². The summed E-state index contributed by atoms with van der Waals surface area (Å²) in [5.74, 6) is 1.26. The molecule has 0 aliphatic heterocycles. The van der Waals surface area contributed by atoms with Crippen molar-refractivity contribution in [1.29, 1.82) is 0 Å². The molecule has 4 nitrogen and oxygen atoms in total. The summed E-state index contributed by atoms with van der Waals surface area (Å²) >= 11 is 1.77. The summed E-state index contributed by atoms with van der Waals surface area (Å²) in [6.45, 7) is 6.74. The van der Waals surface area contributed by atoms with Crippen LogP contribution in [0.3, 0.4) is 0 Å². The molecule has 2 rings (SSSR count). The Morgan fingerprint density at radius 1 is 1.37 bits per heavy atom. The largest absolute Gasteiger partial charge is 0.475 e. The predicted octanol–water partition coefficient (Wildman–Crippen LogP) is 3.29. The first-order chi connectivity index (χ1) is 9.13. The Bertz CT molecular complexity index is 511. The second-order valence-corrected chi connectivity index (χ2v) is 5.63. The van der Waals surface area contributed by atoms with E-state index >= 15 is 0 Å². The average Bonchev–Trinajstić information content (AvgIpc) is 2.80. The van der Waals surface area contributed by atoms with Crippen LogP contribution in [-0.4, -0.2) is 22.6 Å². The first kappa shape index (κ1) is 13.8. The van der Waals surface area contributed by atoms with E-state index in [0.717, 1.165) is 18.7 Å². The van der Waals surface area contributed by atoms with Crippen LogP contribution in [0.2, 0.25) is 0 Å². The van der Waals surface area contributed by atoms with Gasteiger partial charge in [-0.3, -0.25) is 0 Å². The molecule has 2 heterocycles. The molecule has 0 aliphatic carbocycles. The quantitative estimate of drug-likeness (QED) is 0.880. The van der Waals surface area contributed by atoms with Gasteiger partial charge in [0.1, 0.15) is 0 Å². The lowest BCUT2D eigenvalue weighted by molar-refractivity contribution is 0.232. The topological polar surface area (TPSA) is 47.0 Å². The number of hydrogen-bond donors (Lipinski definition) is 1. The van der Waals surface area contributed by atoms with E-state index in [2.05, 4.69) is 32.8 Å². The molecule has 2 aromatic rings. The zero-order valence-corrected chi connectivity index (χ0v) is 12.3. The Kier molecular flexibility index (Phi) is 4.74. The third kappa shape index (κ3) is 4.52. The van der Waals surface area contributed by atoms with Gasteiger partial charge in [-0.1, -0.05) is 6.07 Å². The zero-order chi connectivity index (χ0) is 13.7. The van der Waals surface area contributed by atoms with Crippen LogP contribution in [0.4, 0.5) is 5.95 Å². The minimum atomic E-state index is 0.119. The molecule has 19 heavy (non-hydrogen) atoms. The van der Waals surface area contributed by atoms with E-state index in [1.807, 2.05) is 26.8 Å². The molecule has 2 aromatic heterocycles.